The summed E-state index contributed by atoms with van der Waals surface area (Å²) >= 11 is 0. The number of ketones is 1. The Morgan fingerprint density at radius 2 is 2.17 bits per heavy atom. The van der Waals surface area contributed by atoms with Crippen LogP contribution in [0, 0.1) is 25.2 Å². The van der Waals surface area contributed by atoms with E-state index >= 15 is 0 Å². The quantitative estimate of drug-likeness (QED) is 0.613. The number of Topliss-reactive ketones (excluding diaryl/α,β-unsaturated/α-hetero) is 1. The molecule has 1 heterocycles. The van der Waals surface area contributed by atoms with Gasteiger partial charge in [0, 0.05) is 23.6 Å². The third-order valence-corrected chi connectivity index (χ3v) is 5.15. The lowest BCUT2D eigenvalue weighted by Gasteiger charge is -2.31. The second-order valence-electron chi connectivity index (χ2n) is 6.82. The van der Waals surface area contributed by atoms with Gasteiger partial charge in [-0.3, -0.25) is 4.79 Å². The van der Waals surface area contributed by atoms with Gasteiger partial charge in [-0.15, -0.1) is 6.42 Å². The molecule has 0 aromatic heterocycles. The fourth-order valence-electron chi connectivity index (χ4n) is 3.82. The summed E-state index contributed by atoms with van der Waals surface area (Å²) in [5.41, 5.74) is 2.86. The number of rotatable bonds is 4. The number of fused-ring (bicyclic) bond motifs is 1. The van der Waals surface area contributed by atoms with Crippen LogP contribution < -0.4 is 0 Å². The summed E-state index contributed by atoms with van der Waals surface area (Å²) in [4.78, 5) is 15.4. The first-order chi connectivity index (χ1) is 11.6. The summed E-state index contributed by atoms with van der Waals surface area (Å²) in [6.07, 6.45) is 8.82. The van der Waals surface area contributed by atoms with Gasteiger partial charge in [-0.2, -0.15) is 0 Å². The fourth-order valence-corrected chi connectivity index (χ4v) is 3.82. The molecule has 2 nitrogen and oxygen atoms in total. The zero-order valence-corrected chi connectivity index (χ0v) is 14.6. The molecule has 0 aliphatic carbocycles. The van der Waals surface area contributed by atoms with Crippen LogP contribution in [0.2, 0.25) is 0 Å². The number of benzene rings is 2. The van der Waals surface area contributed by atoms with Crippen molar-refractivity contribution in [3.05, 3.63) is 47.0 Å². The van der Waals surface area contributed by atoms with E-state index in [4.69, 9.17) is 6.42 Å². The van der Waals surface area contributed by atoms with Gasteiger partial charge in [0.1, 0.15) is 0 Å². The molecule has 124 valence electrons. The van der Waals surface area contributed by atoms with E-state index in [2.05, 4.69) is 17.7 Å². The van der Waals surface area contributed by atoms with Gasteiger partial charge in [0.25, 0.3) is 0 Å². The van der Waals surface area contributed by atoms with Crippen LogP contribution in [0.3, 0.4) is 0 Å². The number of terminal acetylenes is 1. The van der Waals surface area contributed by atoms with E-state index in [-0.39, 0.29) is 11.7 Å². The monoisotopic (exact) mass is 319 g/mol. The largest absolute Gasteiger partial charge is 0.303 e. The molecular formula is C22H25NO. The Balaban J connectivity index is 1.86. The summed E-state index contributed by atoms with van der Waals surface area (Å²) in [5.74, 6) is 3.14. The maximum Gasteiger partial charge on any atom is 0.167 e. The minimum Gasteiger partial charge on any atom is -0.303 e. The molecule has 3 rings (SSSR count). The van der Waals surface area contributed by atoms with E-state index < -0.39 is 0 Å². The molecule has 2 heteroatoms. The predicted octanol–water partition coefficient (Wildman–Crippen LogP) is 4.43. The highest BCUT2D eigenvalue weighted by atomic mass is 16.1. The minimum atomic E-state index is 0.133. The second kappa shape index (κ2) is 7.20. The lowest BCUT2D eigenvalue weighted by molar-refractivity contribution is 0.0820. The van der Waals surface area contributed by atoms with Crippen LogP contribution in [0.1, 0.15) is 47.7 Å². The molecular weight excluding hydrogens is 294 g/mol. The third kappa shape index (κ3) is 3.23. The topological polar surface area (TPSA) is 20.3 Å². The number of nitrogens with zero attached hydrogens (tertiary/aromatic N) is 1. The zero-order chi connectivity index (χ0) is 17.1. The predicted molar refractivity (Wildman–Crippen MR) is 100 cm³/mol. The average Bonchev–Trinajstić information content (AvgIpc) is 2.62. The number of likely N-dealkylation sites (tertiary alicyclic amines) is 1. The second-order valence-corrected chi connectivity index (χ2v) is 6.82. The van der Waals surface area contributed by atoms with Crippen molar-refractivity contribution in [2.75, 3.05) is 19.6 Å². The Labute approximate surface area is 144 Å². The molecule has 1 aliphatic rings. The third-order valence-electron chi connectivity index (χ3n) is 5.15. The molecule has 1 fully saturated rings. The van der Waals surface area contributed by atoms with Crippen molar-refractivity contribution in [3.8, 4) is 12.3 Å². The van der Waals surface area contributed by atoms with Gasteiger partial charge < -0.3 is 4.90 Å². The van der Waals surface area contributed by atoms with Crippen molar-refractivity contribution in [2.45, 2.75) is 33.1 Å². The summed E-state index contributed by atoms with van der Waals surface area (Å²) in [7, 11) is 0. The van der Waals surface area contributed by atoms with Gasteiger partial charge in [0.2, 0.25) is 0 Å². The number of hydrogen-bond acceptors (Lipinski definition) is 2. The van der Waals surface area contributed by atoms with E-state index in [0.29, 0.717) is 0 Å². The van der Waals surface area contributed by atoms with E-state index in [1.807, 2.05) is 37.3 Å². The van der Waals surface area contributed by atoms with Crippen LogP contribution in [-0.4, -0.2) is 30.3 Å². The molecule has 0 radical (unpaired) electrons. The van der Waals surface area contributed by atoms with E-state index in [1.54, 1.807) is 0 Å². The van der Waals surface area contributed by atoms with E-state index in [0.717, 1.165) is 66.4 Å². The molecule has 1 saturated heterocycles. The molecule has 2 aromatic rings. The van der Waals surface area contributed by atoms with Crippen LogP contribution in [-0.2, 0) is 0 Å². The molecule has 1 atom stereocenters. The standard InChI is InChI=1S/C22H25NO/c1-4-12-23-13-6-7-20(15-23)22(24)19-10-11-21-16(3)17(5-2)8-9-18(21)14-19/h2,8-11,14,20H,4,6-7,12-13,15H2,1,3H3. The SMILES string of the molecule is C#Cc1ccc2cc(C(=O)C3CCCN(CCC)C3)ccc2c1C. The van der Waals surface area contributed by atoms with Crippen LogP contribution >= 0.6 is 0 Å². The van der Waals surface area contributed by atoms with Crippen LogP contribution in [0.15, 0.2) is 30.3 Å². The van der Waals surface area contributed by atoms with Crippen molar-refractivity contribution in [1.29, 1.82) is 0 Å². The molecule has 0 N–H and O–H groups in total. The zero-order valence-electron chi connectivity index (χ0n) is 14.6. The molecule has 2 aromatic carbocycles. The Hall–Kier alpha value is -2.11. The Kier molecular flexibility index (Phi) is 5.02. The summed E-state index contributed by atoms with van der Waals surface area (Å²) in [6.45, 7) is 7.36. The van der Waals surface area contributed by atoms with Gasteiger partial charge in [-0.1, -0.05) is 31.0 Å². The number of carbonyl (C=O) groups excluding carboxylic acids is 1. The highest BCUT2D eigenvalue weighted by Crippen LogP contribution is 2.26. The number of aryl methyl sites for hydroxylation is 1. The number of hydrogen-bond donors (Lipinski definition) is 0. The first kappa shape index (κ1) is 16.7. The highest BCUT2D eigenvalue weighted by molar-refractivity contribution is 6.02. The van der Waals surface area contributed by atoms with Crippen molar-refractivity contribution in [2.24, 2.45) is 5.92 Å². The van der Waals surface area contributed by atoms with Gasteiger partial charge in [0.15, 0.2) is 5.78 Å². The molecule has 0 bridgehead atoms. The average molecular weight is 319 g/mol. The molecule has 1 aliphatic heterocycles. The van der Waals surface area contributed by atoms with Crippen molar-refractivity contribution < 1.29 is 4.79 Å². The number of carbonyl (C=O) groups is 1. The normalized spacial score (nSPS) is 18.5. The lowest BCUT2D eigenvalue weighted by Crippen LogP contribution is -2.39. The molecule has 1 unspecified atom stereocenters. The van der Waals surface area contributed by atoms with Crippen molar-refractivity contribution in [3.63, 3.8) is 0 Å². The Morgan fingerprint density at radius 1 is 1.33 bits per heavy atom. The van der Waals surface area contributed by atoms with Gasteiger partial charge in [-0.05, 0) is 67.7 Å². The Morgan fingerprint density at radius 3 is 2.92 bits per heavy atom. The Bertz CT molecular complexity index is 797. The van der Waals surface area contributed by atoms with Crippen LogP contribution in [0.5, 0.6) is 0 Å². The van der Waals surface area contributed by atoms with Gasteiger partial charge in [-0.25, -0.2) is 0 Å². The summed E-state index contributed by atoms with van der Waals surface area (Å²) in [5, 5.41) is 2.23. The molecule has 0 amide bonds. The maximum absolute atomic E-state index is 12.9. The molecule has 0 spiro atoms. The smallest absolute Gasteiger partial charge is 0.167 e. The highest BCUT2D eigenvalue weighted by Gasteiger charge is 2.26. The van der Waals surface area contributed by atoms with E-state index in [9.17, 15) is 4.79 Å². The lowest BCUT2D eigenvalue weighted by atomic mass is 9.88. The fraction of sp³-hybridized carbons (Fsp3) is 0.409. The van der Waals surface area contributed by atoms with Crippen LogP contribution in [0.25, 0.3) is 10.8 Å². The summed E-state index contributed by atoms with van der Waals surface area (Å²) < 4.78 is 0. The van der Waals surface area contributed by atoms with Gasteiger partial charge >= 0.3 is 0 Å². The van der Waals surface area contributed by atoms with Gasteiger partial charge in [0.05, 0.1) is 0 Å². The minimum absolute atomic E-state index is 0.133. The van der Waals surface area contributed by atoms with Crippen molar-refractivity contribution >= 4 is 16.6 Å². The molecule has 0 saturated carbocycles. The first-order valence-electron chi connectivity index (χ1n) is 8.90. The van der Waals surface area contributed by atoms with Crippen molar-refractivity contribution in [1.82, 2.24) is 4.90 Å². The van der Waals surface area contributed by atoms with E-state index in [1.165, 1.54) is 0 Å². The maximum atomic E-state index is 12.9. The summed E-state index contributed by atoms with van der Waals surface area (Å²) in [6, 6.07) is 10.0. The first-order valence-corrected chi connectivity index (χ1v) is 8.90. The number of piperidine rings is 1. The van der Waals surface area contributed by atoms with Crippen LogP contribution in [0.4, 0.5) is 0 Å². The molecule has 24 heavy (non-hydrogen) atoms.